The van der Waals surface area contributed by atoms with E-state index < -0.39 is 0 Å². The zero-order valence-corrected chi connectivity index (χ0v) is 14.8. The van der Waals surface area contributed by atoms with Crippen molar-refractivity contribution in [3.05, 3.63) is 93.9 Å². The van der Waals surface area contributed by atoms with Gasteiger partial charge in [-0.05, 0) is 57.2 Å². The van der Waals surface area contributed by atoms with Gasteiger partial charge in [-0.15, -0.1) is 0 Å². The zero-order valence-electron chi connectivity index (χ0n) is 14.8. The van der Waals surface area contributed by atoms with E-state index in [1.807, 2.05) is 6.07 Å². The van der Waals surface area contributed by atoms with Gasteiger partial charge in [-0.1, -0.05) is 78.9 Å². The number of fused-ring (bicyclic) bond motifs is 5. The van der Waals surface area contributed by atoms with E-state index in [2.05, 4.69) is 72.8 Å². The molecule has 5 rings (SSSR count). The molecule has 0 amide bonds. The van der Waals surface area contributed by atoms with Gasteiger partial charge in [0.1, 0.15) is 6.10 Å². The second-order valence-electron chi connectivity index (χ2n) is 7.17. The summed E-state index contributed by atoms with van der Waals surface area (Å²) in [6.45, 7) is 0.630. The summed E-state index contributed by atoms with van der Waals surface area (Å²) >= 11 is 0. The first-order chi connectivity index (χ1) is 12.9. The quantitative estimate of drug-likeness (QED) is 0.680. The van der Waals surface area contributed by atoms with Gasteiger partial charge in [-0.25, -0.2) is 0 Å². The van der Waals surface area contributed by atoms with Crippen LogP contribution in [0.2, 0.25) is 0 Å². The molecule has 0 radical (unpaired) electrons. The van der Waals surface area contributed by atoms with E-state index in [0.29, 0.717) is 6.61 Å². The van der Waals surface area contributed by atoms with Crippen LogP contribution in [0.4, 0.5) is 0 Å². The Morgan fingerprint density at radius 3 is 2.65 bits per heavy atom. The van der Waals surface area contributed by atoms with E-state index in [4.69, 9.17) is 4.74 Å². The number of hydrogen-bond donors (Lipinski definition) is 0. The maximum Gasteiger partial charge on any atom is 0.102 e. The summed E-state index contributed by atoms with van der Waals surface area (Å²) < 4.78 is 6.24. The van der Waals surface area contributed by atoms with Gasteiger partial charge < -0.3 is 4.74 Å². The van der Waals surface area contributed by atoms with Crippen molar-refractivity contribution in [2.75, 3.05) is 0 Å². The van der Waals surface area contributed by atoms with E-state index in [1.165, 1.54) is 57.2 Å². The topological polar surface area (TPSA) is 9.23 Å². The van der Waals surface area contributed by atoms with Crippen LogP contribution in [-0.2, 0) is 17.8 Å². The highest BCUT2D eigenvalue weighted by molar-refractivity contribution is 5.87. The average molecular weight is 338 g/mol. The number of benzene rings is 3. The number of aryl methyl sites for hydroxylation is 1. The second-order valence-corrected chi connectivity index (χ2v) is 7.17. The van der Waals surface area contributed by atoms with E-state index in [9.17, 15) is 0 Å². The molecule has 0 saturated heterocycles. The Labute approximate surface area is 153 Å². The van der Waals surface area contributed by atoms with E-state index in [0.717, 1.165) is 0 Å². The first kappa shape index (κ1) is 15.6. The molecule has 2 aliphatic rings. The summed E-state index contributed by atoms with van der Waals surface area (Å²) in [5, 5.41) is 5.48. The number of rotatable bonds is 3. The van der Waals surface area contributed by atoms with Gasteiger partial charge in [-0.2, -0.15) is 0 Å². The molecule has 128 valence electrons. The van der Waals surface area contributed by atoms with Crippen LogP contribution in [0.3, 0.4) is 0 Å². The lowest BCUT2D eigenvalue weighted by atomic mass is 9.91. The van der Waals surface area contributed by atoms with Crippen molar-refractivity contribution in [3.8, 4) is 0 Å². The Morgan fingerprint density at radius 1 is 0.885 bits per heavy atom. The average Bonchev–Trinajstić information content (AvgIpc) is 2.72. The number of hydrogen-bond acceptors (Lipinski definition) is 1. The van der Waals surface area contributed by atoms with Crippen LogP contribution in [-0.4, -0.2) is 0 Å². The van der Waals surface area contributed by atoms with Crippen LogP contribution in [0.5, 0.6) is 0 Å². The van der Waals surface area contributed by atoms with Gasteiger partial charge in [-0.3, -0.25) is 0 Å². The first-order valence-electron chi connectivity index (χ1n) is 9.49. The summed E-state index contributed by atoms with van der Waals surface area (Å²) in [4.78, 5) is 0. The summed E-state index contributed by atoms with van der Waals surface area (Å²) in [6, 6.07) is 19.6. The van der Waals surface area contributed by atoms with Crippen LogP contribution in [0, 0.1) is 0 Å². The highest BCUT2D eigenvalue weighted by Crippen LogP contribution is 2.24. The van der Waals surface area contributed by atoms with Gasteiger partial charge >= 0.3 is 0 Å². The van der Waals surface area contributed by atoms with Crippen molar-refractivity contribution in [2.45, 2.75) is 32.0 Å². The molecule has 1 unspecified atom stereocenters. The smallest absolute Gasteiger partial charge is 0.102 e. The van der Waals surface area contributed by atoms with Crippen molar-refractivity contribution >= 4 is 22.9 Å². The van der Waals surface area contributed by atoms with Crippen molar-refractivity contribution in [2.24, 2.45) is 0 Å². The molecule has 0 saturated carbocycles. The maximum absolute atomic E-state index is 6.24. The predicted octanol–water partition coefficient (Wildman–Crippen LogP) is 4.56. The van der Waals surface area contributed by atoms with Gasteiger partial charge in [0.05, 0.1) is 6.61 Å². The second kappa shape index (κ2) is 6.59. The van der Waals surface area contributed by atoms with Gasteiger partial charge in [0.25, 0.3) is 0 Å². The van der Waals surface area contributed by atoms with Crippen LogP contribution >= 0.6 is 0 Å². The molecule has 26 heavy (non-hydrogen) atoms. The Kier molecular flexibility index (Phi) is 3.95. The minimum absolute atomic E-state index is 0.0135. The maximum atomic E-state index is 6.24. The Hall–Kier alpha value is -2.64. The summed E-state index contributed by atoms with van der Waals surface area (Å²) in [6.07, 6.45) is 12.6. The number of allylic oxidation sites excluding steroid dienone is 1. The molecule has 0 spiro atoms. The summed E-state index contributed by atoms with van der Waals surface area (Å²) in [7, 11) is 0. The van der Waals surface area contributed by atoms with Crippen molar-refractivity contribution in [1.82, 2.24) is 0 Å². The van der Waals surface area contributed by atoms with Crippen LogP contribution in [0.15, 0.2) is 66.7 Å². The normalized spacial score (nSPS) is 17.9. The van der Waals surface area contributed by atoms with Crippen molar-refractivity contribution in [1.29, 1.82) is 0 Å². The fraction of sp³-hybridized carbons (Fsp3) is 0.200. The standard InChI is InChI=1S/C25H22O/c1-2-7-18(8-3-1)17-26-25-12-6-11-21-23-14-13-19-9-4-5-10-20(19)22(23)15-16-24(21)25/h1-3,6-8,10-16,25H,4-5,9,17H2. The van der Waals surface area contributed by atoms with Crippen molar-refractivity contribution in [3.63, 3.8) is 0 Å². The third-order valence-electron chi connectivity index (χ3n) is 5.53. The molecule has 1 atom stereocenters. The number of ether oxygens (including phenoxy) is 1. The van der Waals surface area contributed by atoms with E-state index >= 15 is 0 Å². The molecule has 2 aliphatic carbocycles. The lowest BCUT2D eigenvalue weighted by Gasteiger charge is -2.20. The molecule has 3 aromatic carbocycles. The van der Waals surface area contributed by atoms with Crippen LogP contribution in [0.1, 0.15) is 35.6 Å². The molecule has 0 N–H and O–H groups in total. The molecule has 0 aromatic heterocycles. The molecule has 1 heteroatoms. The molecular weight excluding hydrogens is 316 g/mol. The minimum atomic E-state index is 0.0135. The molecule has 3 aromatic rings. The molecule has 0 aliphatic heterocycles. The lowest BCUT2D eigenvalue weighted by Crippen LogP contribution is -2.22. The third kappa shape index (κ3) is 2.69. The SMILES string of the molecule is C1=CC(OCc2ccccc2)c2ccc3c4c(ccc3c2=C1)CCCC=4. The molecule has 1 nitrogen and oxygen atoms in total. The van der Waals surface area contributed by atoms with Gasteiger partial charge in [0.15, 0.2) is 0 Å². The highest BCUT2D eigenvalue weighted by Gasteiger charge is 2.16. The molecule has 0 heterocycles. The lowest BCUT2D eigenvalue weighted by molar-refractivity contribution is 0.0710. The van der Waals surface area contributed by atoms with Crippen LogP contribution in [0.25, 0.3) is 22.9 Å². The van der Waals surface area contributed by atoms with Crippen molar-refractivity contribution < 1.29 is 4.74 Å². The summed E-state index contributed by atoms with van der Waals surface area (Å²) in [5.41, 5.74) is 3.97. The predicted molar refractivity (Wildman–Crippen MR) is 108 cm³/mol. The fourth-order valence-corrected chi connectivity index (χ4v) is 4.21. The van der Waals surface area contributed by atoms with Crippen LogP contribution < -0.4 is 10.4 Å². The zero-order chi connectivity index (χ0) is 17.3. The molecule has 0 bridgehead atoms. The van der Waals surface area contributed by atoms with E-state index in [-0.39, 0.29) is 6.10 Å². The van der Waals surface area contributed by atoms with Gasteiger partial charge in [0, 0.05) is 0 Å². The summed E-state index contributed by atoms with van der Waals surface area (Å²) in [5.74, 6) is 0. The minimum Gasteiger partial charge on any atom is -0.365 e. The Morgan fingerprint density at radius 2 is 1.73 bits per heavy atom. The third-order valence-corrected chi connectivity index (χ3v) is 5.53. The van der Waals surface area contributed by atoms with Gasteiger partial charge in [0.2, 0.25) is 0 Å². The monoisotopic (exact) mass is 338 g/mol. The van der Waals surface area contributed by atoms with E-state index in [1.54, 1.807) is 0 Å². The first-order valence-corrected chi connectivity index (χ1v) is 9.49. The fourth-order valence-electron chi connectivity index (χ4n) is 4.21. The molecular formula is C25H22O. The Balaban J connectivity index is 1.56. The highest BCUT2D eigenvalue weighted by atomic mass is 16.5. The Bertz CT molecular complexity index is 1110. The molecule has 0 fully saturated rings. The largest absolute Gasteiger partial charge is 0.365 e.